The topological polar surface area (TPSA) is 23.6 Å². The molecule has 0 atom stereocenters. The van der Waals surface area contributed by atoms with Crippen LogP contribution in [0.1, 0.15) is 23.6 Å². The average molecular weight is 375 g/mol. The lowest BCUT2D eigenvalue weighted by Gasteiger charge is -2.36. The van der Waals surface area contributed by atoms with Crippen molar-refractivity contribution in [2.75, 3.05) is 31.1 Å². The number of hydrogen-bond donors (Lipinski definition) is 0. The number of aryl methyl sites for hydroxylation is 2. The molecular formula is C21H22F3N2O. The smallest absolute Gasteiger partial charge is 0.368 e. The van der Waals surface area contributed by atoms with Gasteiger partial charge in [0.2, 0.25) is 5.91 Å². The quantitative estimate of drug-likeness (QED) is 0.808. The van der Waals surface area contributed by atoms with E-state index in [2.05, 4.69) is 6.07 Å². The minimum absolute atomic E-state index is 0.000801. The third-order valence-corrected chi connectivity index (χ3v) is 4.94. The lowest BCUT2D eigenvalue weighted by atomic mass is 9.98. The van der Waals surface area contributed by atoms with E-state index < -0.39 is 11.7 Å². The number of rotatable bonds is 4. The van der Waals surface area contributed by atoms with Crippen molar-refractivity contribution in [1.82, 2.24) is 4.90 Å². The van der Waals surface area contributed by atoms with Crippen LogP contribution in [0, 0.1) is 6.07 Å². The molecule has 0 N–H and O–H groups in total. The second-order valence-corrected chi connectivity index (χ2v) is 6.74. The third kappa shape index (κ3) is 4.81. The summed E-state index contributed by atoms with van der Waals surface area (Å²) in [5.74, 6) is -0.000801. The first-order valence-electron chi connectivity index (χ1n) is 9.00. The lowest BCUT2D eigenvalue weighted by molar-refractivity contribution is -0.138. The second-order valence-electron chi connectivity index (χ2n) is 6.74. The predicted octanol–water partition coefficient (Wildman–Crippen LogP) is 3.96. The van der Waals surface area contributed by atoms with E-state index in [4.69, 9.17) is 0 Å². The Bertz CT molecular complexity index is 782. The van der Waals surface area contributed by atoms with E-state index in [-0.39, 0.29) is 5.91 Å². The van der Waals surface area contributed by atoms with Crippen molar-refractivity contribution in [2.45, 2.75) is 25.9 Å². The summed E-state index contributed by atoms with van der Waals surface area (Å²) in [6.07, 6.45) is -3.53. The molecule has 6 heteroatoms. The van der Waals surface area contributed by atoms with E-state index in [1.54, 1.807) is 29.2 Å². The van der Waals surface area contributed by atoms with Gasteiger partial charge >= 0.3 is 6.18 Å². The highest BCUT2D eigenvalue weighted by Gasteiger charge is 2.34. The van der Waals surface area contributed by atoms with Crippen LogP contribution in [0.15, 0.2) is 42.5 Å². The summed E-state index contributed by atoms with van der Waals surface area (Å²) in [6.45, 7) is 3.65. The van der Waals surface area contributed by atoms with E-state index >= 15 is 0 Å². The summed E-state index contributed by atoms with van der Waals surface area (Å²) in [7, 11) is 0. The average Bonchev–Trinajstić information content (AvgIpc) is 2.66. The number of nitrogens with zero attached hydrogens (tertiary/aromatic N) is 2. The standard InChI is InChI=1S/C21H22F3N2O/c1-16(27)25-11-13-26(14-12-25)19-10-9-18(20(15-19)21(22,23)24)8-7-17-5-3-2-4-6-17/h2-3,5-6,9-10,15H,7-8,11-14H2,1H3. The normalized spacial score (nSPS) is 15.1. The first-order valence-corrected chi connectivity index (χ1v) is 9.00. The van der Waals surface area contributed by atoms with Gasteiger partial charge < -0.3 is 9.80 Å². The molecule has 2 aromatic carbocycles. The molecule has 2 aromatic rings. The highest BCUT2D eigenvalue weighted by Crippen LogP contribution is 2.35. The second kappa shape index (κ2) is 8.03. The van der Waals surface area contributed by atoms with Gasteiger partial charge in [-0.05, 0) is 42.2 Å². The number of carbonyl (C=O) groups is 1. The van der Waals surface area contributed by atoms with Crippen LogP contribution in [0.3, 0.4) is 0 Å². The van der Waals surface area contributed by atoms with Gasteiger partial charge in [-0.3, -0.25) is 4.79 Å². The number of piperazine rings is 1. The lowest BCUT2D eigenvalue weighted by Crippen LogP contribution is -2.48. The van der Waals surface area contributed by atoms with Gasteiger partial charge in [0.1, 0.15) is 0 Å². The molecule has 143 valence electrons. The van der Waals surface area contributed by atoms with E-state index in [1.807, 2.05) is 17.0 Å². The monoisotopic (exact) mass is 375 g/mol. The van der Waals surface area contributed by atoms with Gasteiger partial charge in [-0.2, -0.15) is 13.2 Å². The summed E-state index contributed by atoms with van der Waals surface area (Å²) in [6, 6.07) is 14.8. The number of anilines is 1. The molecule has 1 saturated heterocycles. The highest BCUT2D eigenvalue weighted by atomic mass is 19.4. The van der Waals surface area contributed by atoms with Crippen molar-refractivity contribution in [1.29, 1.82) is 0 Å². The number of benzene rings is 2. The first-order chi connectivity index (χ1) is 12.8. The molecule has 0 aromatic heterocycles. The summed E-state index contributed by atoms with van der Waals surface area (Å²) >= 11 is 0. The van der Waals surface area contributed by atoms with Crippen molar-refractivity contribution in [2.24, 2.45) is 0 Å². The van der Waals surface area contributed by atoms with Crippen LogP contribution in [0.5, 0.6) is 0 Å². The van der Waals surface area contributed by atoms with E-state index in [1.165, 1.54) is 13.0 Å². The number of halogens is 3. The van der Waals surface area contributed by atoms with Crippen molar-refractivity contribution in [3.05, 3.63) is 65.2 Å². The highest BCUT2D eigenvalue weighted by molar-refractivity contribution is 5.73. The maximum absolute atomic E-state index is 13.6. The molecule has 0 spiro atoms. The predicted molar refractivity (Wildman–Crippen MR) is 98.6 cm³/mol. The van der Waals surface area contributed by atoms with Gasteiger partial charge in [-0.15, -0.1) is 0 Å². The Morgan fingerprint density at radius 1 is 1.11 bits per heavy atom. The first kappa shape index (κ1) is 19.3. The van der Waals surface area contributed by atoms with Crippen molar-refractivity contribution >= 4 is 11.6 Å². The molecule has 3 rings (SSSR count). The Morgan fingerprint density at radius 2 is 1.85 bits per heavy atom. The molecule has 0 unspecified atom stereocenters. The third-order valence-electron chi connectivity index (χ3n) is 4.94. The van der Waals surface area contributed by atoms with Crippen LogP contribution in [-0.2, 0) is 23.8 Å². The summed E-state index contributed by atoms with van der Waals surface area (Å²) in [5, 5.41) is 0. The Kier molecular flexibility index (Phi) is 5.73. The van der Waals surface area contributed by atoms with Gasteiger partial charge in [-0.1, -0.05) is 30.3 Å². The van der Waals surface area contributed by atoms with Crippen LogP contribution in [0.2, 0.25) is 0 Å². The zero-order chi connectivity index (χ0) is 19.4. The molecule has 0 saturated carbocycles. The molecule has 0 aliphatic carbocycles. The number of carbonyl (C=O) groups excluding carboxylic acids is 1. The van der Waals surface area contributed by atoms with Crippen molar-refractivity contribution < 1.29 is 18.0 Å². The van der Waals surface area contributed by atoms with Gasteiger partial charge in [0.05, 0.1) is 5.56 Å². The van der Waals surface area contributed by atoms with E-state index in [0.29, 0.717) is 50.3 Å². The maximum Gasteiger partial charge on any atom is 0.416 e. The summed E-state index contributed by atoms with van der Waals surface area (Å²) in [4.78, 5) is 15.0. The molecule has 27 heavy (non-hydrogen) atoms. The summed E-state index contributed by atoms with van der Waals surface area (Å²) in [5.41, 5.74) is 1.25. The molecule has 1 aliphatic rings. The number of amides is 1. The van der Waals surface area contributed by atoms with Crippen LogP contribution < -0.4 is 4.90 Å². The largest absolute Gasteiger partial charge is 0.416 e. The summed E-state index contributed by atoms with van der Waals surface area (Å²) < 4.78 is 40.8. The van der Waals surface area contributed by atoms with Gasteiger partial charge in [-0.25, -0.2) is 0 Å². The molecule has 1 amide bonds. The molecule has 1 fully saturated rings. The molecule has 0 bridgehead atoms. The van der Waals surface area contributed by atoms with Gasteiger partial charge in [0.15, 0.2) is 0 Å². The fourth-order valence-corrected chi connectivity index (χ4v) is 3.39. The zero-order valence-electron chi connectivity index (χ0n) is 15.2. The van der Waals surface area contributed by atoms with Crippen LogP contribution in [0.25, 0.3) is 0 Å². The Labute approximate surface area is 157 Å². The number of alkyl halides is 3. The van der Waals surface area contributed by atoms with Crippen LogP contribution >= 0.6 is 0 Å². The minimum Gasteiger partial charge on any atom is -0.368 e. The molecule has 1 radical (unpaired) electrons. The molecular weight excluding hydrogens is 353 g/mol. The Hall–Kier alpha value is -2.50. The van der Waals surface area contributed by atoms with Crippen LogP contribution in [-0.4, -0.2) is 37.0 Å². The van der Waals surface area contributed by atoms with Gasteiger partial charge in [0, 0.05) is 38.8 Å². The van der Waals surface area contributed by atoms with E-state index in [0.717, 1.165) is 5.56 Å². The van der Waals surface area contributed by atoms with Crippen molar-refractivity contribution in [3.8, 4) is 0 Å². The Morgan fingerprint density at radius 3 is 2.44 bits per heavy atom. The number of hydrogen-bond acceptors (Lipinski definition) is 2. The zero-order valence-corrected chi connectivity index (χ0v) is 15.2. The Balaban J connectivity index is 1.77. The maximum atomic E-state index is 13.6. The molecule has 1 heterocycles. The molecule has 3 nitrogen and oxygen atoms in total. The fourth-order valence-electron chi connectivity index (χ4n) is 3.39. The van der Waals surface area contributed by atoms with Gasteiger partial charge in [0.25, 0.3) is 0 Å². The SMILES string of the molecule is CC(=O)N1CCN(c2ccc(CCc3c[c]ccc3)c(C(F)(F)F)c2)CC1. The van der Waals surface area contributed by atoms with Crippen LogP contribution in [0.4, 0.5) is 18.9 Å². The van der Waals surface area contributed by atoms with Crippen molar-refractivity contribution in [3.63, 3.8) is 0 Å². The fraction of sp³-hybridized carbons (Fsp3) is 0.381. The van der Waals surface area contributed by atoms with E-state index in [9.17, 15) is 18.0 Å². The minimum atomic E-state index is -4.39. The molecule has 1 aliphatic heterocycles.